The van der Waals surface area contributed by atoms with E-state index in [0.29, 0.717) is 11.4 Å². The van der Waals surface area contributed by atoms with Gasteiger partial charge in [0.2, 0.25) is 0 Å². The third-order valence-corrected chi connectivity index (χ3v) is 4.60. The zero-order valence-electron chi connectivity index (χ0n) is 10.8. The number of benzene rings is 1. The second-order valence-corrected chi connectivity index (χ2v) is 5.96. The van der Waals surface area contributed by atoms with Crippen molar-refractivity contribution in [3.05, 3.63) is 48.5 Å². The van der Waals surface area contributed by atoms with Crippen molar-refractivity contribution in [2.45, 2.75) is 11.8 Å². The minimum Gasteiger partial charge on any atom is -0.399 e. The van der Waals surface area contributed by atoms with Crippen LogP contribution in [0.3, 0.4) is 0 Å². The number of nitrogens with zero attached hydrogens (tertiary/aromatic N) is 2. The number of sulfonamides is 1. The lowest BCUT2D eigenvalue weighted by atomic mass is 10.3. The number of pyridine rings is 1. The van der Waals surface area contributed by atoms with Crippen LogP contribution in [0.5, 0.6) is 0 Å². The van der Waals surface area contributed by atoms with E-state index in [0.717, 1.165) is 18.5 Å². The van der Waals surface area contributed by atoms with Gasteiger partial charge in [-0.3, -0.25) is 9.29 Å². The van der Waals surface area contributed by atoms with Crippen molar-refractivity contribution in [2.24, 2.45) is 0 Å². The van der Waals surface area contributed by atoms with Gasteiger partial charge in [0.1, 0.15) is 10.7 Å². The molecule has 7 heteroatoms. The Bertz CT molecular complexity index is 702. The maximum Gasteiger partial charge on any atom is 0.265 e. The van der Waals surface area contributed by atoms with Crippen LogP contribution in [0.25, 0.3) is 0 Å². The molecule has 0 spiro atoms. The maximum absolute atomic E-state index is 13.2. The predicted octanol–water partition coefficient (Wildman–Crippen LogP) is 2.02. The van der Waals surface area contributed by atoms with E-state index in [2.05, 4.69) is 4.98 Å². The summed E-state index contributed by atoms with van der Waals surface area (Å²) in [4.78, 5) is 3.39. The molecule has 0 bridgehead atoms. The largest absolute Gasteiger partial charge is 0.399 e. The Labute approximate surface area is 116 Å². The third-order valence-electron chi connectivity index (χ3n) is 2.74. The van der Waals surface area contributed by atoms with Crippen LogP contribution in [-0.4, -0.2) is 19.9 Å². The average molecular weight is 295 g/mol. The van der Waals surface area contributed by atoms with Crippen molar-refractivity contribution < 1.29 is 12.8 Å². The van der Waals surface area contributed by atoms with Gasteiger partial charge >= 0.3 is 0 Å². The molecular formula is C13H14FN3O2S. The number of rotatable bonds is 4. The Morgan fingerprint density at radius 1 is 1.25 bits per heavy atom. The molecule has 5 nitrogen and oxygen atoms in total. The number of hydrogen-bond donors (Lipinski definition) is 1. The first kappa shape index (κ1) is 14.3. The maximum atomic E-state index is 13.2. The van der Waals surface area contributed by atoms with Gasteiger partial charge in [-0.2, -0.15) is 0 Å². The van der Waals surface area contributed by atoms with E-state index in [4.69, 9.17) is 5.73 Å². The van der Waals surface area contributed by atoms with E-state index < -0.39 is 15.8 Å². The van der Waals surface area contributed by atoms with Gasteiger partial charge in [-0.1, -0.05) is 0 Å². The van der Waals surface area contributed by atoms with Gasteiger partial charge in [0, 0.05) is 18.4 Å². The Balaban J connectivity index is 2.47. The number of halogens is 1. The summed E-state index contributed by atoms with van der Waals surface area (Å²) >= 11 is 0. The minimum absolute atomic E-state index is 0.184. The molecule has 0 saturated carbocycles. The standard InChI is InChI=1S/C13H14FN3O2S/c1-2-17(12-5-3-11(15)4-6-12)20(18,19)13-7-10(14)8-16-9-13/h3-9H,2,15H2,1H3. The molecule has 2 N–H and O–H groups in total. The van der Waals surface area contributed by atoms with Gasteiger partial charge in [-0.25, -0.2) is 12.8 Å². The summed E-state index contributed by atoms with van der Waals surface area (Å²) in [6.07, 6.45) is 2.08. The zero-order chi connectivity index (χ0) is 14.8. The number of aromatic nitrogens is 1. The van der Waals surface area contributed by atoms with Gasteiger partial charge in [-0.05, 0) is 37.3 Å². The first-order valence-corrected chi connectivity index (χ1v) is 7.38. The lowest BCUT2D eigenvalue weighted by Gasteiger charge is -2.22. The summed E-state index contributed by atoms with van der Waals surface area (Å²) in [5.74, 6) is -0.695. The number of nitrogens with two attached hydrogens (primary N) is 1. The fourth-order valence-corrected chi connectivity index (χ4v) is 3.24. The van der Waals surface area contributed by atoms with E-state index >= 15 is 0 Å². The molecule has 0 atom stereocenters. The van der Waals surface area contributed by atoms with E-state index in [1.54, 1.807) is 31.2 Å². The Morgan fingerprint density at radius 2 is 1.90 bits per heavy atom. The molecule has 0 radical (unpaired) electrons. The average Bonchev–Trinajstić information content (AvgIpc) is 2.41. The molecule has 0 saturated heterocycles. The lowest BCUT2D eigenvalue weighted by molar-refractivity contribution is 0.584. The van der Waals surface area contributed by atoms with Gasteiger partial charge < -0.3 is 5.73 Å². The van der Waals surface area contributed by atoms with Crippen molar-refractivity contribution >= 4 is 21.4 Å². The highest BCUT2D eigenvalue weighted by atomic mass is 32.2. The summed E-state index contributed by atoms with van der Waals surface area (Å²) in [5.41, 5.74) is 6.58. The zero-order valence-corrected chi connectivity index (χ0v) is 11.6. The van der Waals surface area contributed by atoms with E-state index in [-0.39, 0.29) is 11.4 Å². The molecule has 20 heavy (non-hydrogen) atoms. The van der Waals surface area contributed by atoms with Crippen LogP contribution in [0.4, 0.5) is 15.8 Å². The summed E-state index contributed by atoms with van der Waals surface area (Å²) in [6, 6.07) is 7.36. The first-order valence-electron chi connectivity index (χ1n) is 5.94. The molecule has 0 fully saturated rings. The fraction of sp³-hybridized carbons (Fsp3) is 0.154. The highest BCUT2D eigenvalue weighted by molar-refractivity contribution is 7.92. The van der Waals surface area contributed by atoms with Crippen LogP contribution < -0.4 is 10.0 Å². The van der Waals surface area contributed by atoms with Crippen molar-refractivity contribution in [1.29, 1.82) is 0 Å². The highest BCUT2D eigenvalue weighted by Gasteiger charge is 2.24. The fourth-order valence-electron chi connectivity index (χ4n) is 1.79. The smallest absolute Gasteiger partial charge is 0.265 e. The molecule has 1 heterocycles. The molecule has 2 aromatic rings. The van der Waals surface area contributed by atoms with Crippen molar-refractivity contribution in [3.63, 3.8) is 0 Å². The van der Waals surface area contributed by atoms with Crippen LogP contribution in [0.15, 0.2) is 47.6 Å². The van der Waals surface area contributed by atoms with Crippen LogP contribution in [0, 0.1) is 5.82 Å². The van der Waals surface area contributed by atoms with Crippen molar-refractivity contribution in [2.75, 3.05) is 16.6 Å². The Kier molecular flexibility index (Phi) is 3.89. The monoisotopic (exact) mass is 295 g/mol. The summed E-state index contributed by atoms with van der Waals surface area (Å²) in [5, 5.41) is 0. The Hall–Kier alpha value is -2.15. The lowest BCUT2D eigenvalue weighted by Crippen LogP contribution is -2.30. The molecule has 1 aromatic carbocycles. The van der Waals surface area contributed by atoms with E-state index in [1.165, 1.54) is 4.31 Å². The van der Waals surface area contributed by atoms with Crippen LogP contribution in [0.1, 0.15) is 6.92 Å². The first-order chi connectivity index (χ1) is 9.45. The molecular weight excluding hydrogens is 281 g/mol. The normalized spacial score (nSPS) is 11.3. The summed E-state index contributed by atoms with van der Waals surface area (Å²) < 4.78 is 39.3. The van der Waals surface area contributed by atoms with Gasteiger partial charge in [0.15, 0.2) is 0 Å². The number of hydrogen-bond acceptors (Lipinski definition) is 4. The summed E-state index contributed by atoms with van der Waals surface area (Å²) in [7, 11) is -3.85. The minimum atomic E-state index is -3.85. The molecule has 1 aromatic heterocycles. The van der Waals surface area contributed by atoms with E-state index in [1.807, 2.05) is 0 Å². The molecule has 106 valence electrons. The molecule has 0 unspecified atom stereocenters. The van der Waals surface area contributed by atoms with Crippen LogP contribution in [-0.2, 0) is 10.0 Å². The van der Waals surface area contributed by atoms with Crippen LogP contribution in [0.2, 0.25) is 0 Å². The topological polar surface area (TPSA) is 76.3 Å². The molecule has 0 aliphatic carbocycles. The summed E-state index contributed by atoms with van der Waals surface area (Å²) in [6.45, 7) is 1.91. The third kappa shape index (κ3) is 2.72. The second kappa shape index (κ2) is 5.46. The molecule has 0 amide bonds. The van der Waals surface area contributed by atoms with Gasteiger partial charge in [0.25, 0.3) is 10.0 Å². The van der Waals surface area contributed by atoms with Crippen molar-refractivity contribution in [1.82, 2.24) is 4.98 Å². The predicted molar refractivity (Wildman–Crippen MR) is 75.3 cm³/mol. The number of anilines is 2. The Morgan fingerprint density at radius 3 is 2.45 bits per heavy atom. The second-order valence-electron chi connectivity index (χ2n) is 4.10. The van der Waals surface area contributed by atoms with Crippen molar-refractivity contribution in [3.8, 4) is 0 Å². The molecule has 0 aliphatic heterocycles. The molecule has 0 aliphatic rings. The highest BCUT2D eigenvalue weighted by Crippen LogP contribution is 2.24. The van der Waals surface area contributed by atoms with Crippen LogP contribution >= 0.6 is 0 Å². The van der Waals surface area contributed by atoms with E-state index in [9.17, 15) is 12.8 Å². The quantitative estimate of drug-likeness (QED) is 0.875. The number of nitrogen functional groups attached to an aromatic ring is 1. The molecule has 2 rings (SSSR count). The van der Waals surface area contributed by atoms with Gasteiger partial charge in [0.05, 0.1) is 11.9 Å². The SMILES string of the molecule is CCN(c1ccc(N)cc1)S(=O)(=O)c1cncc(F)c1. The van der Waals surface area contributed by atoms with Gasteiger partial charge in [-0.15, -0.1) is 0 Å².